The Morgan fingerprint density at radius 1 is 1.30 bits per heavy atom. The number of nitrogen functional groups attached to an aromatic ring is 1. The Hall–Kier alpha value is -1.69. The summed E-state index contributed by atoms with van der Waals surface area (Å²) in [4.78, 5) is 8.72. The molecule has 0 bridgehead atoms. The predicted octanol–water partition coefficient (Wildman–Crippen LogP) is 3.89. The molecule has 0 unspecified atom stereocenters. The van der Waals surface area contributed by atoms with Crippen molar-refractivity contribution >= 4 is 33.3 Å². The molecule has 1 fully saturated rings. The highest BCUT2D eigenvalue weighted by Crippen LogP contribution is 2.39. The second-order valence-corrected chi connectivity index (χ2v) is 5.87. The zero-order chi connectivity index (χ0) is 14.3. The Morgan fingerprint density at radius 2 is 2.05 bits per heavy atom. The summed E-state index contributed by atoms with van der Waals surface area (Å²) in [6.45, 7) is 1.84. The summed E-state index contributed by atoms with van der Waals surface area (Å²) in [5.41, 5.74) is 7.40. The monoisotopic (exact) mass is 336 g/mol. The van der Waals surface area contributed by atoms with Crippen molar-refractivity contribution in [3.05, 3.63) is 39.9 Å². The molecule has 1 saturated carbocycles. The predicted molar refractivity (Wildman–Crippen MR) is 80.5 cm³/mol. The number of rotatable bonds is 3. The minimum absolute atomic E-state index is 0.283. The van der Waals surface area contributed by atoms with Gasteiger partial charge in [0, 0.05) is 17.7 Å². The molecule has 20 heavy (non-hydrogen) atoms. The van der Waals surface area contributed by atoms with E-state index >= 15 is 0 Å². The smallest absolute Gasteiger partial charge is 0.137 e. The molecule has 0 aliphatic heterocycles. The van der Waals surface area contributed by atoms with Crippen LogP contribution in [-0.4, -0.2) is 9.97 Å². The van der Waals surface area contributed by atoms with Gasteiger partial charge in [0.05, 0.1) is 4.47 Å². The van der Waals surface area contributed by atoms with Crippen LogP contribution in [0.3, 0.4) is 0 Å². The van der Waals surface area contributed by atoms with Crippen molar-refractivity contribution < 1.29 is 4.39 Å². The molecule has 1 aromatic heterocycles. The molecule has 0 atom stereocenters. The van der Waals surface area contributed by atoms with Gasteiger partial charge in [-0.2, -0.15) is 0 Å². The Labute approximate surface area is 124 Å². The van der Waals surface area contributed by atoms with Crippen LogP contribution in [0, 0.1) is 12.7 Å². The lowest BCUT2D eigenvalue weighted by atomic mass is 10.2. The molecule has 4 nitrogen and oxygen atoms in total. The van der Waals surface area contributed by atoms with E-state index in [1.807, 2.05) is 6.92 Å². The largest absolute Gasteiger partial charge is 0.384 e. The zero-order valence-corrected chi connectivity index (χ0v) is 12.5. The quantitative estimate of drug-likeness (QED) is 0.892. The number of nitrogens with zero attached hydrogens (tertiary/aromatic N) is 2. The highest BCUT2D eigenvalue weighted by atomic mass is 79.9. The van der Waals surface area contributed by atoms with E-state index in [1.54, 1.807) is 12.1 Å². The SMILES string of the molecule is Cc1cc(F)c(Br)cc1Nc1cc(N)nc(C2CC2)n1. The van der Waals surface area contributed by atoms with Crippen molar-refractivity contribution in [1.29, 1.82) is 0 Å². The molecular formula is C14H14BrFN4. The second kappa shape index (κ2) is 5.01. The van der Waals surface area contributed by atoms with Gasteiger partial charge in [0.1, 0.15) is 23.3 Å². The van der Waals surface area contributed by atoms with Gasteiger partial charge in [-0.15, -0.1) is 0 Å². The summed E-state index contributed by atoms with van der Waals surface area (Å²) in [6.07, 6.45) is 2.23. The molecule has 6 heteroatoms. The average molecular weight is 337 g/mol. The first-order chi connectivity index (χ1) is 9.52. The van der Waals surface area contributed by atoms with Crippen LogP contribution in [-0.2, 0) is 0 Å². The van der Waals surface area contributed by atoms with Crippen LogP contribution in [0.15, 0.2) is 22.7 Å². The minimum atomic E-state index is -0.283. The number of nitrogens with two attached hydrogens (primary N) is 1. The summed E-state index contributed by atoms with van der Waals surface area (Å²) in [7, 11) is 0. The number of aromatic nitrogens is 2. The molecule has 1 aliphatic carbocycles. The van der Waals surface area contributed by atoms with E-state index in [9.17, 15) is 4.39 Å². The van der Waals surface area contributed by atoms with Crippen LogP contribution >= 0.6 is 15.9 Å². The third-order valence-corrected chi connectivity index (χ3v) is 3.84. The average Bonchev–Trinajstić information content (AvgIpc) is 3.19. The molecule has 3 rings (SSSR count). The number of hydrogen-bond donors (Lipinski definition) is 2. The maximum Gasteiger partial charge on any atom is 0.137 e. The van der Waals surface area contributed by atoms with Crippen LogP contribution in [0.25, 0.3) is 0 Å². The van der Waals surface area contributed by atoms with Crippen LogP contribution in [0.2, 0.25) is 0 Å². The highest BCUT2D eigenvalue weighted by molar-refractivity contribution is 9.10. The number of aryl methyl sites for hydroxylation is 1. The Bertz CT molecular complexity index is 670. The van der Waals surface area contributed by atoms with Crippen molar-refractivity contribution in [1.82, 2.24) is 9.97 Å². The molecule has 1 aromatic carbocycles. The molecule has 0 spiro atoms. The number of halogens is 2. The Morgan fingerprint density at radius 3 is 2.75 bits per heavy atom. The fourth-order valence-corrected chi connectivity index (χ4v) is 2.34. The first kappa shape index (κ1) is 13.3. The minimum Gasteiger partial charge on any atom is -0.384 e. The molecule has 0 amide bonds. The van der Waals surface area contributed by atoms with Gasteiger partial charge in [-0.25, -0.2) is 14.4 Å². The van der Waals surface area contributed by atoms with Gasteiger partial charge in [0.25, 0.3) is 0 Å². The molecule has 1 heterocycles. The normalized spacial score (nSPS) is 14.3. The van der Waals surface area contributed by atoms with Gasteiger partial charge in [0.2, 0.25) is 0 Å². The fraction of sp³-hybridized carbons (Fsp3) is 0.286. The second-order valence-electron chi connectivity index (χ2n) is 5.02. The lowest BCUT2D eigenvalue weighted by Gasteiger charge is -2.11. The van der Waals surface area contributed by atoms with Crippen molar-refractivity contribution in [2.24, 2.45) is 0 Å². The molecule has 0 saturated heterocycles. The first-order valence-corrected chi connectivity index (χ1v) is 7.19. The van der Waals surface area contributed by atoms with Crippen molar-refractivity contribution in [3.63, 3.8) is 0 Å². The Balaban J connectivity index is 1.92. The maximum atomic E-state index is 13.4. The number of hydrogen-bond acceptors (Lipinski definition) is 4. The van der Waals surface area contributed by atoms with E-state index in [-0.39, 0.29) is 5.82 Å². The van der Waals surface area contributed by atoms with E-state index < -0.39 is 0 Å². The summed E-state index contributed by atoms with van der Waals surface area (Å²) < 4.78 is 13.8. The van der Waals surface area contributed by atoms with Gasteiger partial charge in [-0.05, 0) is 53.4 Å². The number of benzene rings is 1. The lowest BCUT2D eigenvalue weighted by molar-refractivity contribution is 0.620. The van der Waals surface area contributed by atoms with E-state index in [2.05, 4.69) is 31.2 Å². The topological polar surface area (TPSA) is 63.8 Å². The third kappa shape index (κ3) is 2.75. The number of nitrogens with one attached hydrogen (secondary N) is 1. The molecule has 3 N–H and O–H groups in total. The van der Waals surface area contributed by atoms with Crippen molar-refractivity contribution in [3.8, 4) is 0 Å². The van der Waals surface area contributed by atoms with Crippen LogP contribution in [0.5, 0.6) is 0 Å². The fourth-order valence-electron chi connectivity index (χ4n) is 1.99. The van der Waals surface area contributed by atoms with Crippen molar-refractivity contribution in [2.45, 2.75) is 25.7 Å². The van der Waals surface area contributed by atoms with E-state index in [4.69, 9.17) is 5.73 Å². The molecular weight excluding hydrogens is 323 g/mol. The van der Waals surface area contributed by atoms with Gasteiger partial charge in [-0.3, -0.25) is 0 Å². The van der Waals surface area contributed by atoms with Gasteiger partial charge in [0.15, 0.2) is 0 Å². The number of anilines is 3. The summed E-state index contributed by atoms with van der Waals surface area (Å²) in [6, 6.07) is 4.85. The Kier molecular flexibility index (Phi) is 3.33. The van der Waals surface area contributed by atoms with Gasteiger partial charge >= 0.3 is 0 Å². The summed E-state index contributed by atoms with van der Waals surface area (Å²) >= 11 is 3.18. The summed E-state index contributed by atoms with van der Waals surface area (Å²) in [5, 5.41) is 3.18. The van der Waals surface area contributed by atoms with Gasteiger partial charge < -0.3 is 11.1 Å². The van der Waals surface area contributed by atoms with Crippen LogP contribution in [0.1, 0.15) is 30.1 Å². The standard InChI is InChI=1S/C14H14BrFN4/c1-7-4-10(16)9(15)5-11(7)18-13-6-12(17)19-14(20-13)8-2-3-8/h4-6,8H,2-3H2,1H3,(H3,17,18,19,20). The lowest BCUT2D eigenvalue weighted by Crippen LogP contribution is -2.03. The molecule has 104 valence electrons. The van der Waals surface area contributed by atoms with Crippen LogP contribution in [0.4, 0.5) is 21.7 Å². The maximum absolute atomic E-state index is 13.4. The molecule has 0 radical (unpaired) electrons. The first-order valence-electron chi connectivity index (χ1n) is 6.40. The van der Waals surface area contributed by atoms with Gasteiger partial charge in [-0.1, -0.05) is 0 Å². The summed E-state index contributed by atoms with van der Waals surface area (Å²) in [5.74, 6) is 2.02. The third-order valence-electron chi connectivity index (χ3n) is 3.24. The van der Waals surface area contributed by atoms with E-state index in [0.717, 1.165) is 29.9 Å². The zero-order valence-electron chi connectivity index (χ0n) is 11.0. The molecule has 1 aliphatic rings. The van der Waals surface area contributed by atoms with Crippen molar-refractivity contribution in [2.75, 3.05) is 11.1 Å². The van der Waals surface area contributed by atoms with Crippen LogP contribution < -0.4 is 11.1 Å². The van der Waals surface area contributed by atoms with E-state index in [0.29, 0.717) is 22.0 Å². The van der Waals surface area contributed by atoms with E-state index in [1.165, 1.54) is 6.07 Å². The molecule has 2 aromatic rings. The highest BCUT2D eigenvalue weighted by Gasteiger charge is 2.27.